The Morgan fingerprint density at radius 3 is 2.27 bits per heavy atom. The van der Waals surface area contributed by atoms with Crippen molar-refractivity contribution in [1.82, 2.24) is 0 Å². The Morgan fingerprint density at radius 2 is 1.68 bits per heavy atom. The van der Waals surface area contributed by atoms with E-state index in [-0.39, 0.29) is 18.0 Å². The van der Waals surface area contributed by atoms with Gasteiger partial charge in [-0.15, -0.1) is 0 Å². The number of carboxylic acid groups (broad SMARTS) is 1. The van der Waals surface area contributed by atoms with E-state index in [9.17, 15) is 14.4 Å². The van der Waals surface area contributed by atoms with Crippen LogP contribution in [0.5, 0.6) is 0 Å². The van der Waals surface area contributed by atoms with Gasteiger partial charge in [-0.05, 0) is 26.7 Å². The summed E-state index contributed by atoms with van der Waals surface area (Å²) in [7, 11) is 0. The lowest BCUT2D eigenvalue weighted by atomic mass is 9.83. The zero-order valence-electron chi connectivity index (χ0n) is 12.7. The highest BCUT2D eigenvalue weighted by Gasteiger charge is 2.28. The number of allylic oxidation sites excluding steroid dienone is 4. The van der Waals surface area contributed by atoms with Gasteiger partial charge in [-0.3, -0.25) is 14.4 Å². The Balaban J connectivity index is 2.23. The van der Waals surface area contributed by atoms with Gasteiger partial charge in [-0.2, -0.15) is 0 Å². The molecule has 0 aromatic heterocycles. The quantitative estimate of drug-likeness (QED) is 0.843. The van der Waals surface area contributed by atoms with Gasteiger partial charge in [0.05, 0.1) is 0 Å². The van der Waals surface area contributed by atoms with Crippen LogP contribution >= 0.6 is 0 Å². The van der Waals surface area contributed by atoms with Gasteiger partial charge >= 0.3 is 5.97 Å². The molecule has 22 heavy (non-hydrogen) atoms. The average Bonchev–Trinajstić information content (AvgIpc) is 2.50. The van der Waals surface area contributed by atoms with Crippen molar-refractivity contribution in [3.8, 4) is 0 Å². The van der Waals surface area contributed by atoms with Gasteiger partial charge in [0.1, 0.15) is 0 Å². The second-order valence-electron chi connectivity index (χ2n) is 5.46. The van der Waals surface area contributed by atoms with E-state index in [0.717, 1.165) is 5.57 Å². The molecule has 0 bridgehead atoms. The molecule has 0 aliphatic heterocycles. The van der Waals surface area contributed by atoms with Gasteiger partial charge in [-0.25, -0.2) is 0 Å². The van der Waals surface area contributed by atoms with Crippen molar-refractivity contribution >= 4 is 17.5 Å². The molecule has 4 heteroatoms. The monoisotopic (exact) mass is 298 g/mol. The molecule has 1 aromatic rings. The summed E-state index contributed by atoms with van der Waals surface area (Å²) in [5.74, 6) is -1.07. The topological polar surface area (TPSA) is 71.4 Å². The van der Waals surface area contributed by atoms with Crippen molar-refractivity contribution in [2.45, 2.75) is 33.1 Å². The predicted molar refractivity (Wildman–Crippen MR) is 83.0 cm³/mol. The lowest BCUT2D eigenvalue weighted by Crippen LogP contribution is -2.20. The molecule has 0 radical (unpaired) electrons. The summed E-state index contributed by atoms with van der Waals surface area (Å²) >= 11 is 0. The molecular formula is C18H18O4. The van der Waals surface area contributed by atoms with E-state index in [0.29, 0.717) is 35.1 Å². The van der Waals surface area contributed by atoms with Crippen LogP contribution in [0, 0.1) is 0 Å². The Morgan fingerprint density at radius 1 is 1.09 bits per heavy atom. The summed E-state index contributed by atoms with van der Waals surface area (Å²) in [5.41, 5.74) is 2.79. The minimum absolute atomic E-state index is 0.0655. The fourth-order valence-corrected chi connectivity index (χ4v) is 2.48. The third-order valence-electron chi connectivity index (χ3n) is 3.87. The van der Waals surface area contributed by atoms with Crippen molar-refractivity contribution in [3.63, 3.8) is 0 Å². The normalized spacial score (nSPS) is 15.1. The maximum Gasteiger partial charge on any atom is 0.303 e. The highest BCUT2D eigenvalue weighted by molar-refractivity contribution is 6.26. The molecule has 0 unspecified atom stereocenters. The Labute approximate surface area is 129 Å². The second kappa shape index (κ2) is 6.52. The SMILES string of the molecule is CC(=CCC1=C(C)C(=O)c2ccccc2C1=O)CCC(=O)O. The van der Waals surface area contributed by atoms with Gasteiger partial charge in [-0.1, -0.05) is 35.9 Å². The fourth-order valence-electron chi connectivity index (χ4n) is 2.48. The van der Waals surface area contributed by atoms with E-state index < -0.39 is 5.97 Å². The van der Waals surface area contributed by atoms with Crippen LogP contribution in [0.3, 0.4) is 0 Å². The molecule has 2 rings (SSSR count). The average molecular weight is 298 g/mol. The summed E-state index contributed by atoms with van der Waals surface area (Å²) in [6.07, 6.45) is 2.70. The molecule has 0 amide bonds. The van der Waals surface area contributed by atoms with E-state index in [1.54, 1.807) is 31.2 Å². The van der Waals surface area contributed by atoms with E-state index in [2.05, 4.69) is 0 Å². The van der Waals surface area contributed by atoms with Gasteiger partial charge in [0.25, 0.3) is 0 Å². The van der Waals surface area contributed by atoms with E-state index in [1.807, 2.05) is 13.0 Å². The Bertz CT molecular complexity index is 708. The first-order valence-electron chi connectivity index (χ1n) is 7.17. The highest BCUT2D eigenvalue weighted by atomic mass is 16.4. The van der Waals surface area contributed by atoms with Crippen LogP contribution in [0.4, 0.5) is 0 Å². The first kappa shape index (κ1) is 15.9. The summed E-state index contributed by atoms with van der Waals surface area (Å²) in [5, 5.41) is 8.67. The van der Waals surface area contributed by atoms with E-state index in [1.165, 1.54) is 0 Å². The molecule has 0 saturated carbocycles. The molecule has 1 aromatic carbocycles. The standard InChI is InChI=1S/C18H18O4/c1-11(8-10-16(19)20)7-9-13-12(2)17(21)14-5-3-4-6-15(14)18(13)22/h3-7H,8-10H2,1-2H3,(H,19,20). The van der Waals surface area contributed by atoms with E-state index >= 15 is 0 Å². The maximum atomic E-state index is 12.5. The largest absolute Gasteiger partial charge is 0.481 e. The van der Waals surface area contributed by atoms with Gasteiger partial charge < -0.3 is 5.11 Å². The number of ketones is 2. The maximum absolute atomic E-state index is 12.5. The number of hydrogen-bond acceptors (Lipinski definition) is 3. The number of carbonyl (C=O) groups excluding carboxylic acids is 2. The van der Waals surface area contributed by atoms with Crippen molar-refractivity contribution in [2.24, 2.45) is 0 Å². The summed E-state index contributed by atoms with van der Waals surface area (Å²) < 4.78 is 0. The zero-order valence-corrected chi connectivity index (χ0v) is 12.7. The second-order valence-corrected chi connectivity index (χ2v) is 5.46. The summed E-state index contributed by atoms with van der Waals surface area (Å²) in [4.78, 5) is 35.4. The molecule has 0 heterocycles. The smallest absolute Gasteiger partial charge is 0.303 e. The molecule has 0 fully saturated rings. The molecule has 114 valence electrons. The molecular weight excluding hydrogens is 280 g/mol. The number of fused-ring (bicyclic) bond motifs is 1. The molecule has 1 aliphatic carbocycles. The van der Waals surface area contributed by atoms with Crippen LogP contribution in [0.1, 0.15) is 53.8 Å². The highest BCUT2D eigenvalue weighted by Crippen LogP contribution is 2.28. The minimum Gasteiger partial charge on any atom is -0.481 e. The Hall–Kier alpha value is -2.49. The van der Waals surface area contributed by atoms with Crippen LogP contribution in [0.25, 0.3) is 0 Å². The summed E-state index contributed by atoms with van der Waals surface area (Å²) in [6, 6.07) is 6.83. The van der Waals surface area contributed by atoms with Crippen molar-refractivity contribution in [3.05, 3.63) is 58.2 Å². The number of carboxylic acids is 1. The Kier molecular flexibility index (Phi) is 4.71. The predicted octanol–water partition coefficient (Wildman–Crippen LogP) is 3.58. The van der Waals surface area contributed by atoms with Crippen molar-refractivity contribution in [1.29, 1.82) is 0 Å². The number of rotatable bonds is 5. The van der Waals surface area contributed by atoms with E-state index in [4.69, 9.17) is 5.11 Å². The third-order valence-corrected chi connectivity index (χ3v) is 3.87. The third kappa shape index (κ3) is 3.22. The van der Waals surface area contributed by atoms with Crippen LogP contribution < -0.4 is 0 Å². The molecule has 4 nitrogen and oxygen atoms in total. The molecule has 1 N–H and O–H groups in total. The van der Waals surface area contributed by atoms with Crippen LogP contribution in [-0.2, 0) is 4.79 Å². The van der Waals surface area contributed by atoms with Crippen molar-refractivity contribution in [2.75, 3.05) is 0 Å². The number of benzene rings is 1. The van der Waals surface area contributed by atoms with Gasteiger partial charge in [0.2, 0.25) is 0 Å². The lowest BCUT2D eigenvalue weighted by Gasteiger charge is -2.18. The van der Waals surface area contributed by atoms with Gasteiger partial charge in [0.15, 0.2) is 11.6 Å². The number of aliphatic carboxylic acids is 1. The molecule has 0 atom stereocenters. The first-order valence-corrected chi connectivity index (χ1v) is 7.17. The number of Topliss-reactive ketones (excluding diaryl/α,β-unsaturated/α-hetero) is 2. The van der Waals surface area contributed by atoms with Crippen LogP contribution in [-0.4, -0.2) is 22.6 Å². The molecule has 0 spiro atoms. The van der Waals surface area contributed by atoms with Crippen LogP contribution in [0.2, 0.25) is 0 Å². The van der Waals surface area contributed by atoms with Crippen LogP contribution in [0.15, 0.2) is 47.1 Å². The zero-order chi connectivity index (χ0) is 16.3. The first-order chi connectivity index (χ1) is 10.4. The van der Waals surface area contributed by atoms with Gasteiger partial charge in [0, 0.05) is 28.7 Å². The minimum atomic E-state index is -0.846. The molecule has 1 aliphatic rings. The molecule has 0 saturated heterocycles. The fraction of sp³-hybridized carbons (Fsp3) is 0.278. The summed E-state index contributed by atoms with van der Waals surface area (Å²) in [6.45, 7) is 3.51. The van der Waals surface area contributed by atoms with Crippen molar-refractivity contribution < 1.29 is 19.5 Å². The number of hydrogen-bond donors (Lipinski definition) is 1. The lowest BCUT2D eigenvalue weighted by molar-refractivity contribution is -0.136. The number of carbonyl (C=O) groups is 3.